The molecular weight excluding hydrogens is 426 g/mol. The van der Waals surface area contributed by atoms with Crippen molar-refractivity contribution in [3.05, 3.63) is 94.0 Å². The summed E-state index contributed by atoms with van der Waals surface area (Å²) in [5, 5.41) is 3.24. The first-order chi connectivity index (χ1) is 15.5. The van der Waals surface area contributed by atoms with Gasteiger partial charge in [-0.1, -0.05) is 48.0 Å². The van der Waals surface area contributed by atoms with Crippen LogP contribution in [0, 0.1) is 0 Å². The highest BCUT2D eigenvalue weighted by atomic mass is 35.5. The second-order valence-corrected chi connectivity index (χ2v) is 8.09. The predicted octanol–water partition coefficient (Wildman–Crippen LogP) is 3.84. The van der Waals surface area contributed by atoms with Gasteiger partial charge in [0.25, 0.3) is 11.8 Å². The third kappa shape index (κ3) is 3.52. The lowest BCUT2D eigenvalue weighted by atomic mass is 9.97. The number of carbonyl (C=O) groups excluding carboxylic acids is 2. The van der Waals surface area contributed by atoms with Crippen LogP contribution in [0.5, 0.6) is 5.75 Å². The lowest BCUT2D eigenvalue weighted by molar-refractivity contribution is -0.120. The van der Waals surface area contributed by atoms with Crippen LogP contribution in [-0.4, -0.2) is 37.3 Å². The number of nitrogens with zero attached hydrogens (tertiary/aromatic N) is 2. The number of rotatable bonds is 4. The summed E-state index contributed by atoms with van der Waals surface area (Å²) in [6, 6.07) is 20.1. The van der Waals surface area contributed by atoms with Crippen molar-refractivity contribution in [3.63, 3.8) is 0 Å². The van der Waals surface area contributed by atoms with Gasteiger partial charge in [0.15, 0.2) is 0 Å². The number of hydrogen-bond donors (Lipinski definition) is 1. The van der Waals surface area contributed by atoms with Gasteiger partial charge in [-0.15, -0.1) is 0 Å². The van der Waals surface area contributed by atoms with E-state index >= 15 is 0 Å². The molecule has 0 fully saturated rings. The van der Waals surface area contributed by atoms with E-state index < -0.39 is 12.1 Å². The Morgan fingerprint density at radius 1 is 1.12 bits per heavy atom. The summed E-state index contributed by atoms with van der Waals surface area (Å²) in [5.74, 6) is 0.0273. The summed E-state index contributed by atoms with van der Waals surface area (Å²) in [6.07, 6.45) is -0.358. The number of carbonyl (C=O) groups is 2. The van der Waals surface area contributed by atoms with E-state index in [1.807, 2.05) is 42.5 Å². The van der Waals surface area contributed by atoms with Gasteiger partial charge in [0.05, 0.1) is 18.5 Å². The molecule has 1 atom stereocenters. The largest absolute Gasteiger partial charge is 0.497 e. The molecule has 0 aliphatic carbocycles. The number of nitrogens with one attached hydrogen (secondary N) is 1. The summed E-state index contributed by atoms with van der Waals surface area (Å²) in [4.78, 5) is 32.9. The normalized spacial score (nSPS) is 16.8. The zero-order valence-corrected chi connectivity index (χ0v) is 18.1. The van der Waals surface area contributed by atoms with Crippen LogP contribution in [0.3, 0.4) is 0 Å². The molecule has 0 saturated heterocycles. The van der Waals surface area contributed by atoms with Gasteiger partial charge in [-0.2, -0.15) is 0 Å². The monoisotopic (exact) mass is 445 g/mol. The van der Waals surface area contributed by atoms with Crippen LogP contribution in [-0.2, 0) is 11.2 Å². The molecule has 2 amide bonds. The molecule has 6 nitrogen and oxygen atoms in total. The van der Waals surface area contributed by atoms with E-state index in [0.29, 0.717) is 35.0 Å². The Morgan fingerprint density at radius 2 is 1.94 bits per heavy atom. The SMILES string of the molecule is COc1cc2c3c(c1)C(c1ccccc1)=NC(NC(=O)c1cccc(Cl)c1)C(=O)N3CC2. The molecule has 0 radical (unpaired) electrons. The third-order valence-corrected chi connectivity index (χ3v) is 5.92. The average Bonchev–Trinajstić information content (AvgIpc) is 3.20. The summed E-state index contributed by atoms with van der Waals surface area (Å²) in [5.41, 5.74) is 4.53. The second kappa shape index (κ2) is 8.13. The van der Waals surface area contributed by atoms with E-state index in [4.69, 9.17) is 21.3 Å². The highest BCUT2D eigenvalue weighted by molar-refractivity contribution is 6.31. The van der Waals surface area contributed by atoms with Crippen molar-refractivity contribution in [1.29, 1.82) is 0 Å². The number of anilines is 1. The van der Waals surface area contributed by atoms with Crippen LogP contribution in [0.15, 0.2) is 71.7 Å². The molecule has 3 aromatic carbocycles. The van der Waals surface area contributed by atoms with E-state index in [2.05, 4.69) is 5.32 Å². The number of ether oxygens (including phenoxy) is 1. The van der Waals surface area contributed by atoms with Gasteiger partial charge in [0.2, 0.25) is 6.17 Å². The molecule has 0 bridgehead atoms. The van der Waals surface area contributed by atoms with Crippen LogP contribution in [0.1, 0.15) is 27.0 Å². The van der Waals surface area contributed by atoms with Gasteiger partial charge in [-0.05, 0) is 42.3 Å². The number of halogens is 1. The highest BCUT2D eigenvalue weighted by Gasteiger charge is 2.37. The summed E-state index contributed by atoms with van der Waals surface area (Å²) in [7, 11) is 1.62. The maximum absolute atomic E-state index is 13.5. The summed E-state index contributed by atoms with van der Waals surface area (Å²) in [6.45, 7) is 0.523. The Labute approximate surface area is 190 Å². The Bertz CT molecular complexity index is 1260. The Hall–Kier alpha value is -3.64. The molecule has 0 spiro atoms. The molecule has 160 valence electrons. The minimum atomic E-state index is -1.07. The smallest absolute Gasteiger partial charge is 0.272 e. The zero-order valence-electron chi connectivity index (χ0n) is 17.3. The van der Waals surface area contributed by atoms with Crippen LogP contribution in [0.4, 0.5) is 5.69 Å². The van der Waals surface area contributed by atoms with Crippen molar-refractivity contribution in [2.45, 2.75) is 12.6 Å². The predicted molar refractivity (Wildman–Crippen MR) is 124 cm³/mol. The van der Waals surface area contributed by atoms with Gasteiger partial charge in [-0.25, -0.2) is 4.99 Å². The van der Waals surface area contributed by atoms with Crippen molar-refractivity contribution in [3.8, 4) is 5.75 Å². The second-order valence-electron chi connectivity index (χ2n) is 7.65. The van der Waals surface area contributed by atoms with Gasteiger partial charge >= 0.3 is 0 Å². The van der Waals surface area contributed by atoms with Gasteiger partial charge in [0, 0.05) is 28.3 Å². The lowest BCUT2D eigenvalue weighted by Crippen LogP contribution is -2.46. The fraction of sp³-hybridized carbons (Fsp3) is 0.160. The molecule has 7 heteroatoms. The summed E-state index contributed by atoms with van der Waals surface area (Å²) < 4.78 is 5.51. The minimum absolute atomic E-state index is 0.267. The number of benzene rings is 3. The van der Waals surface area contributed by atoms with Gasteiger partial charge in [0.1, 0.15) is 5.75 Å². The molecular formula is C25H20ClN3O3. The van der Waals surface area contributed by atoms with Gasteiger partial charge in [-0.3, -0.25) is 9.59 Å². The number of aliphatic imine (C=N–C) groups is 1. The Morgan fingerprint density at radius 3 is 2.69 bits per heavy atom. The summed E-state index contributed by atoms with van der Waals surface area (Å²) >= 11 is 6.04. The number of methoxy groups -OCH3 is 1. The van der Waals surface area contributed by atoms with Crippen molar-refractivity contribution >= 4 is 34.8 Å². The number of amides is 2. The highest BCUT2D eigenvalue weighted by Crippen LogP contribution is 2.39. The topological polar surface area (TPSA) is 71.0 Å². The zero-order chi connectivity index (χ0) is 22.2. The first-order valence-electron chi connectivity index (χ1n) is 10.3. The molecule has 1 N–H and O–H groups in total. The third-order valence-electron chi connectivity index (χ3n) is 5.69. The van der Waals surface area contributed by atoms with E-state index in [1.54, 1.807) is 36.3 Å². The fourth-order valence-corrected chi connectivity index (χ4v) is 4.39. The molecule has 0 aromatic heterocycles. The first kappa shape index (κ1) is 20.3. The van der Waals surface area contributed by atoms with Crippen LogP contribution in [0.2, 0.25) is 5.02 Å². The average molecular weight is 446 g/mol. The van der Waals surface area contributed by atoms with E-state index in [9.17, 15) is 9.59 Å². The standard InChI is InChI=1S/C25H20ClN3O3/c1-32-19-13-16-10-11-29-22(16)20(14-19)21(15-6-3-2-4-7-15)27-23(25(29)31)28-24(30)17-8-5-9-18(26)12-17/h2-9,12-14,23H,10-11H2,1H3,(H,28,30). The maximum Gasteiger partial charge on any atom is 0.272 e. The molecule has 0 saturated carbocycles. The fourth-order valence-electron chi connectivity index (χ4n) is 4.20. The van der Waals surface area contributed by atoms with Crippen LogP contribution >= 0.6 is 11.6 Å². The number of hydrogen-bond acceptors (Lipinski definition) is 4. The van der Waals surface area contributed by atoms with Crippen molar-refractivity contribution in [2.24, 2.45) is 4.99 Å². The van der Waals surface area contributed by atoms with E-state index in [0.717, 1.165) is 22.4 Å². The van der Waals surface area contributed by atoms with E-state index in [-0.39, 0.29) is 5.91 Å². The van der Waals surface area contributed by atoms with Crippen LogP contribution in [0.25, 0.3) is 0 Å². The lowest BCUT2D eigenvalue weighted by Gasteiger charge is -2.21. The molecule has 2 heterocycles. The van der Waals surface area contributed by atoms with Crippen molar-refractivity contribution in [2.75, 3.05) is 18.6 Å². The quantitative estimate of drug-likeness (QED) is 0.663. The molecule has 2 aliphatic rings. The Kier molecular flexibility index (Phi) is 5.15. The van der Waals surface area contributed by atoms with E-state index in [1.165, 1.54) is 0 Å². The molecule has 5 rings (SSSR count). The molecule has 32 heavy (non-hydrogen) atoms. The Balaban J connectivity index is 1.63. The van der Waals surface area contributed by atoms with Gasteiger partial charge < -0.3 is 15.0 Å². The molecule has 1 unspecified atom stereocenters. The molecule has 3 aromatic rings. The minimum Gasteiger partial charge on any atom is -0.497 e. The maximum atomic E-state index is 13.5. The van der Waals surface area contributed by atoms with Crippen molar-refractivity contribution < 1.29 is 14.3 Å². The molecule has 2 aliphatic heterocycles. The first-order valence-corrected chi connectivity index (χ1v) is 10.7. The van der Waals surface area contributed by atoms with Crippen molar-refractivity contribution in [1.82, 2.24) is 5.32 Å². The van der Waals surface area contributed by atoms with Crippen LogP contribution < -0.4 is 15.0 Å².